The van der Waals surface area contributed by atoms with Gasteiger partial charge in [-0.15, -0.1) is 0 Å². The lowest BCUT2D eigenvalue weighted by molar-refractivity contribution is -0.119. The number of aryl methyl sites for hydroxylation is 2. The molecule has 0 N–H and O–H groups in total. The van der Waals surface area contributed by atoms with Crippen molar-refractivity contribution in [3.8, 4) is 5.75 Å². The van der Waals surface area contributed by atoms with Crippen LogP contribution >= 0.6 is 0 Å². The maximum absolute atomic E-state index is 12.5. The van der Waals surface area contributed by atoms with Crippen LogP contribution in [0.3, 0.4) is 0 Å². The number of benzene rings is 1. The van der Waals surface area contributed by atoms with Crippen molar-refractivity contribution in [2.24, 2.45) is 0 Å². The topological polar surface area (TPSA) is 55.3 Å². The highest BCUT2D eigenvalue weighted by Crippen LogP contribution is 2.29. The van der Waals surface area contributed by atoms with Crippen molar-refractivity contribution in [3.63, 3.8) is 0 Å². The van der Waals surface area contributed by atoms with E-state index in [4.69, 9.17) is 9.72 Å². The van der Waals surface area contributed by atoms with Crippen LogP contribution in [0.15, 0.2) is 24.3 Å². The van der Waals surface area contributed by atoms with Gasteiger partial charge in [0.25, 0.3) is 0 Å². The van der Waals surface area contributed by atoms with Gasteiger partial charge in [-0.1, -0.05) is 19.1 Å². The van der Waals surface area contributed by atoms with Gasteiger partial charge in [0.15, 0.2) is 0 Å². The van der Waals surface area contributed by atoms with Crippen LogP contribution in [0.2, 0.25) is 0 Å². The van der Waals surface area contributed by atoms with E-state index in [0.29, 0.717) is 13.0 Å². The minimum atomic E-state index is 0.124. The zero-order valence-electron chi connectivity index (χ0n) is 14.5. The van der Waals surface area contributed by atoms with E-state index >= 15 is 0 Å². The molecule has 1 aliphatic heterocycles. The van der Waals surface area contributed by atoms with Gasteiger partial charge in [-0.2, -0.15) is 0 Å². The summed E-state index contributed by atoms with van der Waals surface area (Å²) in [7, 11) is 1.65. The third-order valence-electron chi connectivity index (χ3n) is 4.36. The van der Waals surface area contributed by atoms with Gasteiger partial charge < -0.3 is 4.74 Å². The second-order valence-corrected chi connectivity index (χ2v) is 6.11. The molecule has 3 rings (SSSR count). The zero-order chi connectivity index (χ0) is 17.1. The quantitative estimate of drug-likeness (QED) is 0.847. The number of hydrogen-bond acceptors (Lipinski definition) is 4. The fraction of sp³-hybridized carbons (Fsp3) is 0.421. The van der Waals surface area contributed by atoms with E-state index in [0.717, 1.165) is 53.5 Å². The van der Waals surface area contributed by atoms with E-state index in [1.165, 1.54) is 0 Å². The summed E-state index contributed by atoms with van der Waals surface area (Å²) in [6.07, 6.45) is 3.06. The van der Waals surface area contributed by atoms with Crippen molar-refractivity contribution in [3.05, 3.63) is 46.9 Å². The molecule has 0 atom stereocenters. The van der Waals surface area contributed by atoms with E-state index in [-0.39, 0.29) is 5.91 Å². The Hall–Kier alpha value is -2.43. The highest BCUT2D eigenvalue weighted by Gasteiger charge is 2.28. The van der Waals surface area contributed by atoms with Crippen LogP contribution in [0.1, 0.15) is 42.4 Å². The van der Waals surface area contributed by atoms with E-state index < -0.39 is 0 Å². The van der Waals surface area contributed by atoms with Crippen LogP contribution in [0.25, 0.3) is 0 Å². The van der Waals surface area contributed by atoms with E-state index in [1.807, 2.05) is 31.2 Å². The summed E-state index contributed by atoms with van der Waals surface area (Å²) in [6.45, 7) is 4.65. The summed E-state index contributed by atoms with van der Waals surface area (Å²) in [5.74, 6) is 2.55. The van der Waals surface area contributed by atoms with Crippen LogP contribution in [0.5, 0.6) is 5.75 Å². The minimum Gasteiger partial charge on any atom is -0.497 e. The lowest BCUT2D eigenvalue weighted by Crippen LogP contribution is -2.36. The molecular formula is C19H23N3O2. The molecule has 0 radical (unpaired) electrons. The summed E-state index contributed by atoms with van der Waals surface area (Å²) in [4.78, 5) is 23.6. The summed E-state index contributed by atoms with van der Waals surface area (Å²) in [5, 5.41) is 0. The molecule has 0 spiro atoms. The number of fused-ring (bicyclic) bond motifs is 1. The zero-order valence-corrected chi connectivity index (χ0v) is 14.5. The molecule has 2 aromatic rings. The van der Waals surface area contributed by atoms with Gasteiger partial charge in [0.05, 0.1) is 13.7 Å². The maximum atomic E-state index is 12.5. The Morgan fingerprint density at radius 1 is 1.17 bits per heavy atom. The first-order valence-corrected chi connectivity index (χ1v) is 8.42. The summed E-state index contributed by atoms with van der Waals surface area (Å²) in [6, 6.07) is 7.81. The molecule has 24 heavy (non-hydrogen) atoms. The van der Waals surface area contributed by atoms with Crippen LogP contribution in [0.4, 0.5) is 5.82 Å². The molecule has 0 fully saturated rings. The van der Waals surface area contributed by atoms with Crippen molar-refractivity contribution in [1.29, 1.82) is 0 Å². The predicted octanol–water partition coefficient (Wildman–Crippen LogP) is 3.23. The largest absolute Gasteiger partial charge is 0.497 e. The van der Waals surface area contributed by atoms with Crippen molar-refractivity contribution < 1.29 is 9.53 Å². The Labute approximate surface area is 142 Å². The van der Waals surface area contributed by atoms with Gasteiger partial charge in [-0.05, 0) is 37.5 Å². The standard InChI is InChI=1S/C19H23N3O2/c1-4-5-17-20-13(2)16-10-11-18(23)22(19(16)21-17)12-14-6-8-15(24-3)9-7-14/h6-9H,4-5,10-12H2,1-3H3. The van der Waals surface area contributed by atoms with Crippen LogP contribution in [0, 0.1) is 6.92 Å². The molecule has 0 unspecified atom stereocenters. The van der Waals surface area contributed by atoms with Crippen LogP contribution < -0.4 is 9.64 Å². The monoisotopic (exact) mass is 325 g/mol. The molecule has 2 heterocycles. The number of ether oxygens (including phenoxy) is 1. The number of anilines is 1. The van der Waals surface area contributed by atoms with Gasteiger partial charge in [-0.25, -0.2) is 9.97 Å². The van der Waals surface area contributed by atoms with Crippen molar-refractivity contribution in [2.75, 3.05) is 12.0 Å². The van der Waals surface area contributed by atoms with Gasteiger partial charge in [0.1, 0.15) is 17.4 Å². The van der Waals surface area contributed by atoms with E-state index in [2.05, 4.69) is 11.9 Å². The molecule has 5 nitrogen and oxygen atoms in total. The summed E-state index contributed by atoms with van der Waals surface area (Å²) < 4.78 is 5.19. The highest BCUT2D eigenvalue weighted by molar-refractivity contribution is 5.95. The Kier molecular flexibility index (Phi) is 4.79. The molecular weight excluding hydrogens is 302 g/mol. The fourth-order valence-electron chi connectivity index (χ4n) is 3.05. The normalized spacial score (nSPS) is 13.8. The Balaban J connectivity index is 1.94. The molecule has 126 valence electrons. The number of aromatic nitrogens is 2. The lowest BCUT2D eigenvalue weighted by Gasteiger charge is -2.29. The fourth-order valence-corrected chi connectivity index (χ4v) is 3.05. The lowest BCUT2D eigenvalue weighted by atomic mass is 10.0. The number of methoxy groups -OCH3 is 1. The first-order valence-electron chi connectivity index (χ1n) is 8.42. The van der Waals surface area contributed by atoms with Crippen molar-refractivity contribution in [1.82, 2.24) is 9.97 Å². The Morgan fingerprint density at radius 2 is 1.92 bits per heavy atom. The number of amides is 1. The average molecular weight is 325 g/mol. The number of carbonyl (C=O) groups excluding carboxylic acids is 1. The van der Waals surface area contributed by atoms with Gasteiger partial charge >= 0.3 is 0 Å². The summed E-state index contributed by atoms with van der Waals surface area (Å²) in [5.41, 5.74) is 3.16. The first kappa shape index (κ1) is 16.4. The van der Waals surface area contributed by atoms with Crippen LogP contribution in [-0.2, 0) is 24.2 Å². The number of rotatable bonds is 5. The third-order valence-corrected chi connectivity index (χ3v) is 4.36. The Morgan fingerprint density at radius 3 is 2.58 bits per heavy atom. The molecule has 1 aromatic carbocycles. The minimum absolute atomic E-state index is 0.124. The first-order chi connectivity index (χ1) is 11.6. The molecule has 0 saturated heterocycles. The molecule has 1 aromatic heterocycles. The molecule has 0 aliphatic carbocycles. The predicted molar refractivity (Wildman–Crippen MR) is 93.3 cm³/mol. The maximum Gasteiger partial charge on any atom is 0.228 e. The van der Waals surface area contributed by atoms with Crippen molar-refractivity contribution >= 4 is 11.7 Å². The second kappa shape index (κ2) is 6.99. The van der Waals surface area contributed by atoms with Gasteiger partial charge in [0, 0.05) is 24.1 Å². The Bertz CT molecular complexity index is 741. The van der Waals surface area contributed by atoms with Gasteiger partial charge in [0.2, 0.25) is 5.91 Å². The second-order valence-electron chi connectivity index (χ2n) is 6.11. The molecule has 0 bridgehead atoms. The number of carbonyl (C=O) groups is 1. The highest BCUT2D eigenvalue weighted by atomic mass is 16.5. The number of hydrogen-bond donors (Lipinski definition) is 0. The summed E-state index contributed by atoms with van der Waals surface area (Å²) >= 11 is 0. The number of nitrogens with zero attached hydrogens (tertiary/aromatic N) is 3. The average Bonchev–Trinajstić information content (AvgIpc) is 2.58. The smallest absolute Gasteiger partial charge is 0.228 e. The van der Waals surface area contributed by atoms with Crippen molar-refractivity contribution in [2.45, 2.75) is 46.1 Å². The van der Waals surface area contributed by atoms with Crippen LogP contribution in [-0.4, -0.2) is 23.0 Å². The molecule has 0 saturated carbocycles. The third kappa shape index (κ3) is 3.25. The molecule has 1 amide bonds. The van der Waals surface area contributed by atoms with Gasteiger partial charge in [-0.3, -0.25) is 9.69 Å². The molecule has 5 heteroatoms. The molecule has 1 aliphatic rings. The van der Waals surface area contributed by atoms with E-state index in [1.54, 1.807) is 12.0 Å². The SMILES string of the molecule is CCCc1nc(C)c2c(n1)N(Cc1ccc(OC)cc1)C(=O)CC2. The van der Waals surface area contributed by atoms with E-state index in [9.17, 15) is 4.79 Å².